The Morgan fingerprint density at radius 3 is 2.76 bits per heavy atom. The van der Waals surface area contributed by atoms with Gasteiger partial charge < -0.3 is 9.84 Å². The zero-order chi connectivity index (χ0) is 14.7. The van der Waals surface area contributed by atoms with Crippen LogP contribution in [0.4, 0.5) is 0 Å². The van der Waals surface area contributed by atoms with Crippen LogP contribution in [-0.4, -0.2) is 17.8 Å². The van der Waals surface area contributed by atoms with E-state index in [-0.39, 0.29) is 0 Å². The van der Waals surface area contributed by atoms with Gasteiger partial charge in [-0.3, -0.25) is 0 Å². The number of ether oxygens (including phenoxy) is 1. The Kier molecular flexibility index (Phi) is 4.34. The average Bonchev–Trinajstić information content (AvgIpc) is 2.45. The highest BCUT2D eigenvalue weighted by Gasteiger charge is 2.35. The van der Waals surface area contributed by atoms with Crippen molar-refractivity contribution in [3.63, 3.8) is 0 Å². The molecule has 1 aromatic rings. The number of benzene rings is 1. The lowest BCUT2D eigenvalue weighted by Crippen LogP contribution is -2.38. The highest BCUT2D eigenvalue weighted by molar-refractivity contribution is 5.40. The van der Waals surface area contributed by atoms with E-state index in [9.17, 15) is 5.11 Å². The van der Waals surface area contributed by atoms with E-state index in [2.05, 4.69) is 18.2 Å². The molecule has 1 atom stereocenters. The van der Waals surface area contributed by atoms with Crippen LogP contribution in [-0.2, 0) is 12.8 Å². The second-order valence-electron chi connectivity index (χ2n) is 6.53. The number of aryl methyl sites for hydroxylation is 1. The number of hydrogen-bond donors (Lipinski definition) is 1. The number of hydrogen-bond acceptors (Lipinski definition) is 2. The molecule has 0 bridgehead atoms. The van der Waals surface area contributed by atoms with Gasteiger partial charge in [0.15, 0.2) is 0 Å². The maximum absolute atomic E-state index is 11.2. The third-order valence-electron chi connectivity index (χ3n) is 5.09. The smallest absolute Gasteiger partial charge is 0.119 e. The average molecular weight is 286 g/mol. The van der Waals surface area contributed by atoms with Gasteiger partial charge >= 0.3 is 0 Å². The maximum Gasteiger partial charge on any atom is 0.119 e. The normalized spacial score (nSPS) is 28.8. The van der Waals surface area contributed by atoms with Crippen LogP contribution in [0, 0.1) is 0 Å². The van der Waals surface area contributed by atoms with Crippen LogP contribution in [0.3, 0.4) is 0 Å². The van der Waals surface area contributed by atoms with Gasteiger partial charge in [0.25, 0.3) is 0 Å². The van der Waals surface area contributed by atoms with E-state index < -0.39 is 5.60 Å². The van der Waals surface area contributed by atoms with Crippen molar-refractivity contribution in [3.05, 3.63) is 41.0 Å². The van der Waals surface area contributed by atoms with Crippen molar-refractivity contribution in [2.24, 2.45) is 0 Å². The highest BCUT2D eigenvalue weighted by Crippen LogP contribution is 2.38. The largest absolute Gasteiger partial charge is 0.497 e. The minimum atomic E-state index is -0.628. The first kappa shape index (κ1) is 14.6. The van der Waals surface area contributed by atoms with Crippen LogP contribution in [0.25, 0.3) is 0 Å². The molecule has 2 aliphatic rings. The van der Waals surface area contributed by atoms with Crippen LogP contribution >= 0.6 is 0 Å². The van der Waals surface area contributed by atoms with E-state index in [1.807, 2.05) is 6.07 Å². The Morgan fingerprint density at radius 1 is 1.05 bits per heavy atom. The summed E-state index contributed by atoms with van der Waals surface area (Å²) >= 11 is 0. The van der Waals surface area contributed by atoms with Crippen LogP contribution in [0.1, 0.15) is 56.1 Å². The van der Waals surface area contributed by atoms with Crippen molar-refractivity contribution in [1.29, 1.82) is 0 Å². The first-order valence-corrected chi connectivity index (χ1v) is 8.29. The summed E-state index contributed by atoms with van der Waals surface area (Å²) in [4.78, 5) is 0. The number of methoxy groups -OCH3 is 1. The molecule has 0 aromatic heterocycles. The summed E-state index contributed by atoms with van der Waals surface area (Å²) in [5, 5.41) is 11.2. The molecule has 0 heterocycles. The molecule has 0 saturated heterocycles. The van der Waals surface area contributed by atoms with Crippen molar-refractivity contribution in [2.45, 2.75) is 63.4 Å². The Balaban J connectivity index is 1.85. The highest BCUT2D eigenvalue weighted by atomic mass is 16.5. The van der Waals surface area contributed by atoms with Crippen molar-refractivity contribution < 1.29 is 9.84 Å². The van der Waals surface area contributed by atoms with Gasteiger partial charge in [-0.25, -0.2) is 0 Å². The number of allylic oxidation sites excluding steroid dienone is 1. The monoisotopic (exact) mass is 286 g/mol. The molecule has 0 saturated carbocycles. The minimum absolute atomic E-state index is 0.628. The molecule has 21 heavy (non-hydrogen) atoms. The third-order valence-corrected chi connectivity index (χ3v) is 5.09. The Bertz CT molecular complexity index is 532. The zero-order valence-corrected chi connectivity index (χ0v) is 13.0. The zero-order valence-electron chi connectivity index (χ0n) is 13.0. The van der Waals surface area contributed by atoms with E-state index in [4.69, 9.17) is 4.74 Å². The van der Waals surface area contributed by atoms with Crippen LogP contribution in [0.2, 0.25) is 0 Å². The van der Waals surface area contributed by atoms with Gasteiger partial charge in [0.1, 0.15) is 5.75 Å². The standard InChI is InChI=1S/C19H26O2/c1-21-18-10-9-15-11-12-19(20,14-16(15)13-18)17-7-5-3-2-4-6-8-17/h7,9-10,13,20H,2-6,8,11-12,14H2,1H3/b17-7+. The first-order valence-electron chi connectivity index (χ1n) is 8.29. The molecular formula is C19H26O2. The van der Waals surface area contributed by atoms with E-state index in [1.165, 1.54) is 42.4 Å². The Morgan fingerprint density at radius 2 is 1.90 bits per heavy atom. The molecule has 0 radical (unpaired) electrons. The first-order chi connectivity index (χ1) is 10.2. The summed E-state index contributed by atoms with van der Waals surface area (Å²) in [5.74, 6) is 0.893. The fraction of sp³-hybridized carbons (Fsp3) is 0.579. The predicted octanol–water partition coefficient (Wildman–Crippen LogP) is 4.20. The molecule has 1 N–H and O–H groups in total. The van der Waals surface area contributed by atoms with Gasteiger partial charge in [-0.1, -0.05) is 25.0 Å². The van der Waals surface area contributed by atoms with E-state index in [1.54, 1.807) is 7.11 Å². The molecule has 3 rings (SSSR count). The minimum Gasteiger partial charge on any atom is -0.497 e. The number of fused-ring (bicyclic) bond motifs is 1. The molecule has 0 amide bonds. The predicted molar refractivity (Wildman–Crippen MR) is 85.8 cm³/mol. The second-order valence-corrected chi connectivity index (χ2v) is 6.53. The Labute approximate surface area is 127 Å². The third kappa shape index (κ3) is 3.16. The lowest BCUT2D eigenvalue weighted by atomic mass is 9.74. The van der Waals surface area contributed by atoms with Gasteiger partial charge in [-0.15, -0.1) is 0 Å². The fourth-order valence-electron chi connectivity index (χ4n) is 3.77. The summed E-state index contributed by atoms with van der Waals surface area (Å²) < 4.78 is 5.33. The molecule has 114 valence electrons. The molecule has 1 aromatic carbocycles. The summed E-state index contributed by atoms with van der Waals surface area (Å²) in [6, 6.07) is 6.28. The molecule has 2 heteroatoms. The number of aliphatic hydroxyl groups is 1. The van der Waals surface area contributed by atoms with Crippen molar-refractivity contribution in [2.75, 3.05) is 7.11 Å². The van der Waals surface area contributed by atoms with Crippen LogP contribution < -0.4 is 4.74 Å². The molecule has 2 aliphatic carbocycles. The van der Waals surface area contributed by atoms with E-state index in [0.717, 1.165) is 37.9 Å². The van der Waals surface area contributed by atoms with Gasteiger partial charge in [0, 0.05) is 6.42 Å². The van der Waals surface area contributed by atoms with Gasteiger partial charge in [0.2, 0.25) is 0 Å². The molecule has 0 aliphatic heterocycles. The quantitative estimate of drug-likeness (QED) is 0.826. The van der Waals surface area contributed by atoms with E-state index >= 15 is 0 Å². The summed E-state index contributed by atoms with van der Waals surface area (Å²) in [6.45, 7) is 0. The SMILES string of the molecule is COc1ccc2c(c1)CC(O)(/C1=C/CCCCCC1)CC2. The van der Waals surface area contributed by atoms with Gasteiger partial charge in [-0.05, 0) is 67.4 Å². The van der Waals surface area contributed by atoms with Crippen LogP contribution in [0.15, 0.2) is 29.8 Å². The molecule has 2 nitrogen and oxygen atoms in total. The molecular weight excluding hydrogens is 260 g/mol. The lowest BCUT2D eigenvalue weighted by Gasteiger charge is -2.36. The van der Waals surface area contributed by atoms with E-state index in [0.29, 0.717) is 0 Å². The topological polar surface area (TPSA) is 29.5 Å². The van der Waals surface area contributed by atoms with Crippen molar-refractivity contribution in [3.8, 4) is 5.75 Å². The van der Waals surface area contributed by atoms with Gasteiger partial charge in [-0.2, -0.15) is 0 Å². The summed E-state index contributed by atoms with van der Waals surface area (Å²) in [6.07, 6.45) is 12.2. The number of rotatable bonds is 2. The van der Waals surface area contributed by atoms with Gasteiger partial charge in [0.05, 0.1) is 12.7 Å². The summed E-state index contributed by atoms with van der Waals surface area (Å²) in [5.41, 5.74) is 3.28. The van der Waals surface area contributed by atoms with Crippen LogP contribution in [0.5, 0.6) is 5.75 Å². The Hall–Kier alpha value is -1.28. The second kappa shape index (κ2) is 6.23. The molecule has 0 spiro atoms. The maximum atomic E-state index is 11.2. The summed E-state index contributed by atoms with van der Waals surface area (Å²) in [7, 11) is 1.70. The van der Waals surface area contributed by atoms with Crippen molar-refractivity contribution >= 4 is 0 Å². The van der Waals surface area contributed by atoms with Crippen molar-refractivity contribution in [1.82, 2.24) is 0 Å². The fourth-order valence-corrected chi connectivity index (χ4v) is 3.77. The molecule has 1 unspecified atom stereocenters. The molecule has 0 fully saturated rings. The lowest BCUT2D eigenvalue weighted by molar-refractivity contribution is 0.0591.